The van der Waals surface area contributed by atoms with E-state index < -0.39 is 22.9 Å². The van der Waals surface area contributed by atoms with Crippen LogP contribution in [0, 0.1) is 17.0 Å². The summed E-state index contributed by atoms with van der Waals surface area (Å²) in [4.78, 5) is 34.8. The van der Waals surface area contributed by atoms with Crippen molar-refractivity contribution in [3.63, 3.8) is 0 Å². The van der Waals surface area contributed by atoms with Crippen molar-refractivity contribution in [1.29, 1.82) is 0 Å². The topological polar surface area (TPSA) is 108 Å². The number of hydrogen-bond acceptors (Lipinski definition) is 6. The van der Waals surface area contributed by atoms with Crippen LogP contribution in [-0.4, -0.2) is 30.0 Å². The van der Waals surface area contributed by atoms with Crippen LogP contribution >= 0.6 is 0 Å². The van der Waals surface area contributed by atoms with E-state index in [0.717, 1.165) is 11.6 Å². The van der Waals surface area contributed by atoms with Crippen molar-refractivity contribution in [2.45, 2.75) is 20.0 Å². The number of amides is 1. The van der Waals surface area contributed by atoms with Crippen LogP contribution in [0.1, 0.15) is 22.8 Å². The molecule has 0 aliphatic carbocycles. The van der Waals surface area contributed by atoms with E-state index in [4.69, 9.17) is 9.47 Å². The van der Waals surface area contributed by atoms with Crippen molar-refractivity contribution in [1.82, 2.24) is 0 Å². The maximum atomic E-state index is 12.3. The van der Waals surface area contributed by atoms with Gasteiger partial charge in [-0.3, -0.25) is 14.9 Å². The number of carbonyl (C=O) groups is 2. The van der Waals surface area contributed by atoms with Gasteiger partial charge in [0.25, 0.3) is 11.6 Å². The van der Waals surface area contributed by atoms with Gasteiger partial charge in [0.15, 0.2) is 6.10 Å². The molecule has 2 aromatic carbocycles. The number of ether oxygens (including phenoxy) is 2. The summed E-state index contributed by atoms with van der Waals surface area (Å²) in [5.74, 6) is -1.29. The van der Waals surface area contributed by atoms with Gasteiger partial charge < -0.3 is 14.8 Å². The normalized spacial score (nSPS) is 11.3. The third-order valence-corrected chi connectivity index (χ3v) is 3.55. The Morgan fingerprint density at radius 1 is 1.19 bits per heavy atom. The zero-order chi connectivity index (χ0) is 19.3. The number of carbonyl (C=O) groups excluding carboxylic acids is 2. The molecule has 0 aliphatic rings. The number of anilines is 1. The Bertz CT molecular complexity index is 849. The van der Waals surface area contributed by atoms with Crippen molar-refractivity contribution < 1.29 is 24.0 Å². The number of non-ortho nitro benzene ring substituents is 1. The first kappa shape index (κ1) is 18.9. The van der Waals surface area contributed by atoms with Crippen molar-refractivity contribution >= 4 is 23.3 Å². The van der Waals surface area contributed by atoms with E-state index in [1.165, 1.54) is 26.2 Å². The fourth-order valence-electron chi connectivity index (χ4n) is 2.21. The second-order valence-corrected chi connectivity index (χ2v) is 5.55. The number of rotatable bonds is 6. The highest BCUT2D eigenvalue weighted by molar-refractivity contribution is 5.98. The molecule has 8 nitrogen and oxygen atoms in total. The van der Waals surface area contributed by atoms with E-state index in [0.29, 0.717) is 5.69 Å². The number of nitrogens with one attached hydrogen (secondary N) is 1. The summed E-state index contributed by atoms with van der Waals surface area (Å²) in [7, 11) is 1.33. The molecule has 0 spiro atoms. The quantitative estimate of drug-likeness (QED) is 0.483. The third kappa shape index (κ3) is 4.56. The molecule has 0 unspecified atom stereocenters. The lowest BCUT2D eigenvalue weighted by Gasteiger charge is -2.15. The third-order valence-electron chi connectivity index (χ3n) is 3.55. The molecule has 0 fully saturated rings. The molecule has 26 heavy (non-hydrogen) atoms. The maximum absolute atomic E-state index is 12.3. The highest BCUT2D eigenvalue weighted by Crippen LogP contribution is 2.25. The molecule has 0 heterocycles. The summed E-state index contributed by atoms with van der Waals surface area (Å²) >= 11 is 0. The first-order valence-electron chi connectivity index (χ1n) is 7.72. The van der Waals surface area contributed by atoms with Crippen LogP contribution in [-0.2, 0) is 9.53 Å². The minimum atomic E-state index is -1.10. The first-order valence-corrected chi connectivity index (χ1v) is 7.72. The maximum Gasteiger partial charge on any atom is 0.342 e. The minimum Gasteiger partial charge on any atom is -0.496 e. The molecule has 0 aliphatic heterocycles. The molecule has 136 valence electrons. The van der Waals surface area contributed by atoms with Gasteiger partial charge in [0.1, 0.15) is 11.3 Å². The Hall–Kier alpha value is -3.42. The van der Waals surface area contributed by atoms with E-state index in [9.17, 15) is 19.7 Å². The van der Waals surface area contributed by atoms with Crippen LogP contribution in [0.4, 0.5) is 11.4 Å². The molecule has 2 aromatic rings. The van der Waals surface area contributed by atoms with Gasteiger partial charge in [0, 0.05) is 17.8 Å². The molecule has 0 saturated carbocycles. The Labute approximate surface area is 149 Å². The summed E-state index contributed by atoms with van der Waals surface area (Å²) < 4.78 is 10.2. The number of nitro benzene ring substituents is 1. The fourth-order valence-corrected chi connectivity index (χ4v) is 2.21. The lowest BCUT2D eigenvalue weighted by atomic mass is 10.1. The monoisotopic (exact) mass is 358 g/mol. The van der Waals surface area contributed by atoms with Gasteiger partial charge in [0.2, 0.25) is 0 Å². The standard InChI is InChI=1S/C18H18N2O6/c1-11-5-4-6-13(9-11)19-17(21)12(2)26-18(22)15-10-14(20(23)24)7-8-16(15)25-3/h4-10,12H,1-3H3,(H,19,21)/t12-/m0/s1. The van der Waals surface area contributed by atoms with Gasteiger partial charge in [-0.05, 0) is 37.6 Å². The average Bonchev–Trinajstić information content (AvgIpc) is 2.60. The number of hydrogen-bond donors (Lipinski definition) is 1. The SMILES string of the molecule is COc1ccc([N+](=O)[O-])cc1C(=O)O[C@@H](C)C(=O)Nc1cccc(C)c1. The van der Waals surface area contributed by atoms with Gasteiger partial charge in [-0.15, -0.1) is 0 Å². The van der Waals surface area contributed by atoms with Gasteiger partial charge in [0.05, 0.1) is 12.0 Å². The number of benzene rings is 2. The predicted octanol–water partition coefficient (Wildman–Crippen LogP) is 3.10. The van der Waals surface area contributed by atoms with E-state index in [-0.39, 0.29) is 17.0 Å². The van der Waals surface area contributed by atoms with Crippen LogP contribution in [0.2, 0.25) is 0 Å². The van der Waals surface area contributed by atoms with Crippen LogP contribution < -0.4 is 10.1 Å². The van der Waals surface area contributed by atoms with Crippen LogP contribution in [0.25, 0.3) is 0 Å². The molecule has 0 aromatic heterocycles. The second kappa shape index (κ2) is 8.11. The number of nitro groups is 1. The predicted molar refractivity (Wildman–Crippen MR) is 94.3 cm³/mol. The molecule has 1 amide bonds. The van der Waals surface area contributed by atoms with Gasteiger partial charge in [-0.2, -0.15) is 0 Å². The first-order chi connectivity index (χ1) is 12.3. The number of esters is 1. The van der Waals surface area contributed by atoms with Crippen molar-refractivity contribution in [3.8, 4) is 5.75 Å². The summed E-state index contributed by atoms with van der Waals surface area (Å²) in [6, 6.07) is 10.7. The molecular formula is C18H18N2O6. The number of aryl methyl sites for hydroxylation is 1. The molecular weight excluding hydrogens is 340 g/mol. The highest BCUT2D eigenvalue weighted by atomic mass is 16.6. The van der Waals surface area contributed by atoms with Gasteiger partial charge in [-0.1, -0.05) is 12.1 Å². The van der Waals surface area contributed by atoms with Crippen molar-refractivity contribution in [2.75, 3.05) is 12.4 Å². The lowest BCUT2D eigenvalue weighted by Crippen LogP contribution is -2.30. The average molecular weight is 358 g/mol. The summed E-state index contributed by atoms with van der Waals surface area (Å²) in [5, 5.41) is 13.5. The zero-order valence-electron chi connectivity index (χ0n) is 14.5. The Morgan fingerprint density at radius 2 is 1.92 bits per heavy atom. The lowest BCUT2D eigenvalue weighted by molar-refractivity contribution is -0.384. The molecule has 2 rings (SSSR count). The highest BCUT2D eigenvalue weighted by Gasteiger charge is 2.23. The van der Waals surface area contributed by atoms with E-state index in [1.807, 2.05) is 13.0 Å². The van der Waals surface area contributed by atoms with Crippen LogP contribution in [0.5, 0.6) is 5.75 Å². The molecule has 8 heteroatoms. The van der Waals surface area contributed by atoms with E-state index >= 15 is 0 Å². The molecule has 0 radical (unpaired) electrons. The van der Waals surface area contributed by atoms with Gasteiger partial charge in [-0.25, -0.2) is 4.79 Å². The van der Waals surface area contributed by atoms with E-state index in [1.54, 1.807) is 18.2 Å². The zero-order valence-corrected chi connectivity index (χ0v) is 14.5. The minimum absolute atomic E-state index is 0.117. The Kier molecular flexibility index (Phi) is 5.90. The van der Waals surface area contributed by atoms with Crippen LogP contribution in [0.15, 0.2) is 42.5 Å². The number of methoxy groups -OCH3 is 1. The molecule has 1 N–H and O–H groups in total. The van der Waals surface area contributed by atoms with Crippen LogP contribution in [0.3, 0.4) is 0 Å². The Balaban J connectivity index is 2.12. The fraction of sp³-hybridized carbons (Fsp3) is 0.222. The molecule has 0 saturated heterocycles. The van der Waals surface area contributed by atoms with Crippen molar-refractivity contribution in [2.24, 2.45) is 0 Å². The summed E-state index contributed by atoms with van der Waals surface area (Å²) in [5.41, 5.74) is 1.13. The number of nitrogens with zero attached hydrogens (tertiary/aromatic N) is 1. The largest absolute Gasteiger partial charge is 0.496 e. The second-order valence-electron chi connectivity index (χ2n) is 5.55. The molecule has 1 atom stereocenters. The van der Waals surface area contributed by atoms with Crippen molar-refractivity contribution in [3.05, 3.63) is 63.7 Å². The van der Waals surface area contributed by atoms with E-state index in [2.05, 4.69) is 5.32 Å². The summed E-state index contributed by atoms with van der Waals surface area (Å²) in [6.45, 7) is 3.29. The smallest absolute Gasteiger partial charge is 0.342 e. The summed E-state index contributed by atoms with van der Waals surface area (Å²) in [6.07, 6.45) is -1.10. The van der Waals surface area contributed by atoms with Gasteiger partial charge >= 0.3 is 5.97 Å². The molecule has 0 bridgehead atoms. The Morgan fingerprint density at radius 3 is 2.54 bits per heavy atom.